The third-order valence-corrected chi connectivity index (χ3v) is 2.01. The second-order valence-corrected chi connectivity index (χ2v) is 3.30. The molecule has 0 aromatic carbocycles. The Morgan fingerprint density at radius 1 is 1.13 bits per heavy atom. The third-order valence-electron chi connectivity index (χ3n) is 2.01. The third kappa shape index (κ3) is 3.71. The second kappa shape index (κ2) is 6.19. The lowest BCUT2D eigenvalue weighted by Crippen LogP contribution is -2.11. The molecule has 0 aliphatic heterocycles. The molecule has 1 heterocycles. The van der Waals surface area contributed by atoms with Gasteiger partial charge in [0.2, 0.25) is 11.8 Å². The molecule has 0 spiro atoms. The van der Waals surface area contributed by atoms with E-state index >= 15 is 0 Å². The van der Waals surface area contributed by atoms with E-state index in [1.807, 2.05) is 0 Å². The molecule has 0 unspecified atom stereocenters. The van der Waals surface area contributed by atoms with Crippen molar-refractivity contribution in [2.75, 3.05) is 6.61 Å². The Labute approximate surface area is 88.7 Å². The maximum Gasteiger partial charge on any atom is 0.233 e. The van der Waals surface area contributed by atoms with Gasteiger partial charge in [-0.1, -0.05) is 30.9 Å². The summed E-state index contributed by atoms with van der Waals surface area (Å²) in [5.74, 6) is -0.387. The number of rotatable bonds is 7. The molecule has 15 heavy (non-hydrogen) atoms. The molecular formula is C10H17NO4. The molecule has 1 aromatic rings. The zero-order chi connectivity index (χ0) is 11.1. The first-order chi connectivity index (χ1) is 7.25. The van der Waals surface area contributed by atoms with Crippen LogP contribution in [0.15, 0.2) is 12.1 Å². The first-order valence-electron chi connectivity index (χ1n) is 5.15. The fraction of sp³-hybridized carbons (Fsp3) is 0.600. The summed E-state index contributed by atoms with van der Waals surface area (Å²) in [5.41, 5.74) is 0. The Balaban J connectivity index is 2.15. The molecule has 5 heteroatoms. The van der Waals surface area contributed by atoms with Gasteiger partial charge in [0.1, 0.15) is 0 Å². The van der Waals surface area contributed by atoms with Crippen molar-refractivity contribution in [2.45, 2.75) is 32.6 Å². The normalized spacial score (nSPS) is 10.5. The van der Waals surface area contributed by atoms with Crippen LogP contribution in [-0.4, -0.2) is 21.6 Å². The molecule has 0 aliphatic rings. The molecule has 5 nitrogen and oxygen atoms in total. The van der Waals surface area contributed by atoms with Crippen LogP contribution in [0.5, 0.6) is 11.8 Å². The maximum absolute atomic E-state index is 9.17. The molecule has 0 saturated heterocycles. The van der Waals surface area contributed by atoms with E-state index in [9.17, 15) is 10.2 Å². The van der Waals surface area contributed by atoms with Crippen molar-refractivity contribution < 1.29 is 20.1 Å². The number of aromatic hydroxyl groups is 2. The average molecular weight is 215 g/mol. The number of aromatic nitrogens is 1. The van der Waals surface area contributed by atoms with Gasteiger partial charge < -0.3 is 10.2 Å². The SMILES string of the molecule is CCCCCCOOn1c(O)ccc1O. The summed E-state index contributed by atoms with van der Waals surface area (Å²) < 4.78 is 0.819. The summed E-state index contributed by atoms with van der Waals surface area (Å²) in [6.07, 6.45) is 4.32. The Kier molecular flexibility index (Phi) is 4.83. The number of nitrogens with zero attached hydrogens (tertiary/aromatic N) is 1. The van der Waals surface area contributed by atoms with Gasteiger partial charge in [0.25, 0.3) is 0 Å². The van der Waals surface area contributed by atoms with Gasteiger partial charge in [0, 0.05) is 12.1 Å². The van der Waals surface area contributed by atoms with E-state index in [1.165, 1.54) is 25.0 Å². The van der Waals surface area contributed by atoms with Crippen molar-refractivity contribution >= 4 is 0 Å². The molecule has 0 amide bonds. The summed E-state index contributed by atoms with van der Waals surface area (Å²) in [5, 5.41) is 18.3. The minimum Gasteiger partial charge on any atom is -0.492 e. The summed E-state index contributed by atoms with van der Waals surface area (Å²) in [4.78, 5) is 9.53. The van der Waals surface area contributed by atoms with Crippen LogP contribution in [0.25, 0.3) is 0 Å². The van der Waals surface area contributed by atoms with Gasteiger partial charge in [0.15, 0.2) is 0 Å². The highest BCUT2D eigenvalue weighted by atomic mass is 17.3. The molecule has 0 atom stereocenters. The van der Waals surface area contributed by atoms with Crippen molar-refractivity contribution in [1.82, 2.24) is 4.73 Å². The molecule has 0 saturated carbocycles. The molecule has 1 rings (SSSR count). The fourth-order valence-electron chi connectivity index (χ4n) is 1.16. The smallest absolute Gasteiger partial charge is 0.233 e. The van der Waals surface area contributed by atoms with Crippen molar-refractivity contribution in [3.05, 3.63) is 12.1 Å². The molecule has 0 radical (unpaired) electrons. The van der Waals surface area contributed by atoms with Gasteiger partial charge in [-0.2, -0.15) is 4.89 Å². The van der Waals surface area contributed by atoms with Crippen molar-refractivity contribution in [1.29, 1.82) is 0 Å². The Morgan fingerprint density at radius 2 is 1.80 bits per heavy atom. The largest absolute Gasteiger partial charge is 0.492 e. The number of hydrogen-bond acceptors (Lipinski definition) is 4. The minimum atomic E-state index is -0.193. The Morgan fingerprint density at radius 3 is 2.40 bits per heavy atom. The van der Waals surface area contributed by atoms with E-state index in [2.05, 4.69) is 6.92 Å². The van der Waals surface area contributed by atoms with E-state index in [-0.39, 0.29) is 11.8 Å². The molecule has 2 N–H and O–H groups in total. The van der Waals surface area contributed by atoms with Crippen molar-refractivity contribution in [2.24, 2.45) is 0 Å². The van der Waals surface area contributed by atoms with Crippen LogP contribution >= 0.6 is 0 Å². The maximum atomic E-state index is 9.17. The zero-order valence-electron chi connectivity index (χ0n) is 8.85. The second-order valence-electron chi connectivity index (χ2n) is 3.30. The predicted molar refractivity (Wildman–Crippen MR) is 54.4 cm³/mol. The van der Waals surface area contributed by atoms with Gasteiger partial charge in [-0.05, 0) is 6.42 Å². The van der Waals surface area contributed by atoms with Gasteiger partial charge in [-0.25, -0.2) is 4.99 Å². The predicted octanol–water partition coefficient (Wildman–Crippen LogP) is 1.84. The van der Waals surface area contributed by atoms with Gasteiger partial charge >= 0.3 is 0 Å². The molecule has 0 aliphatic carbocycles. The molecule has 1 aromatic heterocycles. The lowest BCUT2D eigenvalue weighted by molar-refractivity contribution is -0.297. The summed E-state index contributed by atoms with van der Waals surface area (Å²) >= 11 is 0. The molecular weight excluding hydrogens is 198 g/mol. The van der Waals surface area contributed by atoms with E-state index < -0.39 is 0 Å². The number of hydrogen-bond donors (Lipinski definition) is 2. The standard InChI is InChI=1S/C10H17NO4/c1-2-3-4-5-8-14-15-11-9(12)6-7-10(11)13/h6-7,12-13H,2-5,8H2,1H3. The van der Waals surface area contributed by atoms with Crippen LogP contribution < -0.4 is 4.99 Å². The molecule has 0 fully saturated rings. The summed E-state index contributed by atoms with van der Waals surface area (Å²) in [6, 6.07) is 2.63. The highest BCUT2D eigenvalue weighted by Gasteiger charge is 2.06. The van der Waals surface area contributed by atoms with Crippen LogP contribution in [0.4, 0.5) is 0 Å². The van der Waals surface area contributed by atoms with E-state index in [4.69, 9.17) is 9.88 Å². The molecule has 86 valence electrons. The van der Waals surface area contributed by atoms with Crippen LogP contribution in [0.2, 0.25) is 0 Å². The fourth-order valence-corrected chi connectivity index (χ4v) is 1.16. The average Bonchev–Trinajstić information content (AvgIpc) is 2.54. The van der Waals surface area contributed by atoms with Gasteiger partial charge in [0.05, 0.1) is 6.61 Å². The monoisotopic (exact) mass is 215 g/mol. The quantitative estimate of drug-likeness (QED) is 0.414. The van der Waals surface area contributed by atoms with E-state index in [0.717, 1.165) is 17.6 Å². The van der Waals surface area contributed by atoms with Crippen LogP contribution in [0.3, 0.4) is 0 Å². The number of unbranched alkanes of at least 4 members (excludes halogenated alkanes) is 3. The Hall–Kier alpha value is -1.36. The van der Waals surface area contributed by atoms with Crippen molar-refractivity contribution in [3.63, 3.8) is 0 Å². The highest BCUT2D eigenvalue weighted by Crippen LogP contribution is 2.18. The zero-order valence-corrected chi connectivity index (χ0v) is 8.85. The van der Waals surface area contributed by atoms with E-state index in [1.54, 1.807) is 0 Å². The lowest BCUT2D eigenvalue weighted by atomic mass is 10.2. The summed E-state index contributed by atoms with van der Waals surface area (Å²) in [7, 11) is 0. The minimum absolute atomic E-state index is 0.193. The van der Waals surface area contributed by atoms with Gasteiger partial charge in [-0.15, -0.1) is 0 Å². The first kappa shape index (κ1) is 11.7. The van der Waals surface area contributed by atoms with Crippen molar-refractivity contribution in [3.8, 4) is 11.8 Å². The van der Waals surface area contributed by atoms with Crippen LogP contribution in [-0.2, 0) is 4.89 Å². The van der Waals surface area contributed by atoms with E-state index in [0.29, 0.717) is 6.61 Å². The van der Waals surface area contributed by atoms with Crippen LogP contribution in [0.1, 0.15) is 32.6 Å². The lowest BCUT2D eigenvalue weighted by Gasteiger charge is -2.06. The summed E-state index contributed by atoms with van der Waals surface area (Å²) in [6.45, 7) is 2.57. The van der Waals surface area contributed by atoms with Crippen LogP contribution in [0, 0.1) is 0 Å². The Bertz CT molecular complexity index is 265. The topological polar surface area (TPSA) is 63.9 Å². The highest BCUT2D eigenvalue weighted by molar-refractivity contribution is 5.21. The first-order valence-corrected chi connectivity index (χ1v) is 5.15. The van der Waals surface area contributed by atoms with Gasteiger partial charge in [-0.3, -0.25) is 0 Å². The molecule has 0 bridgehead atoms.